The lowest BCUT2D eigenvalue weighted by Gasteiger charge is -2.09. The van der Waals surface area contributed by atoms with Crippen molar-refractivity contribution in [1.29, 1.82) is 0 Å². The van der Waals surface area contributed by atoms with E-state index in [1.807, 2.05) is 0 Å². The summed E-state index contributed by atoms with van der Waals surface area (Å²) in [5.74, 6) is -1.50. The maximum Gasteiger partial charge on any atom is 0.232 e. The summed E-state index contributed by atoms with van der Waals surface area (Å²) in [7, 11) is 0. The Bertz CT molecular complexity index is 157. The first-order valence-corrected chi connectivity index (χ1v) is 3.70. The van der Waals surface area contributed by atoms with Crippen molar-refractivity contribution in [2.45, 2.75) is 20.3 Å². The van der Waals surface area contributed by atoms with Crippen LogP contribution in [0.4, 0.5) is 0 Å². The largest absolute Gasteiger partial charge is 0.369 e. The van der Waals surface area contributed by atoms with Crippen LogP contribution in [0.3, 0.4) is 0 Å². The van der Waals surface area contributed by atoms with Gasteiger partial charge in [0.05, 0.1) is 0 Å². The number of carbonyl (C=O) groups is 2. The Balaban J connectivity index is 4.03. The van der Waals surface area contributed by atoms with E-state index in [-0.39, 0.29) is 5.91 Å². The van der Waals surface area contributed by atoms with Crippen molar-refractivity contribution in [3.05, 3.63) is 0 Å². The van der Waals surface area contributed by atoms with Gasteiger partial charge < -0.3 is 11.1 Å². The fourth-order valence-corrected chi connectivity index (χ4v) is 0.813. The average molecular weight is 158 g/mol. The van der Waals surface area contributed by atoms with Gasteiger partial charge in [-0.1, -0.05) is 6.92 Å². The van der Waals surface area contributed by atoms with E-state index in [0.29, 0.717) is 13.0 Å². The quantitative estimate of drug-likeness (QED) is 0.548. The fourth-order valence-electron chi connectivity index (χ4n) is 0.813. The SMILES string of the molecule is CCNC(=O)C(CC)C(N)=O. The molecule has 1 unspecified atom stereocenters. The topological polar surface area (TPSA) is 72.2 Å². The number of carbonyl (C=O) groups excluding carboxylic acids is 2. The molecular weight excluding hydrogens is 144 g/mol. The molecule has 0 spiro atoms. The Morgan fingerprint density at radius 3 is 2.27 bits per heavy atom. The lowest BCUT2D eigenvalue weighted by Crippen LogP contribution is -2.38. The minimum atomic E-state index is -0.671. The monoisotopic (exact) mass is 158 g/mol. The Labute approximate surface area is 66.1 Å². The molecule has 64 valence electrons. The van der Waals surface area contributed by atoms with Gasteiger partial charge in [-0.25, -0.2) is 0 Å². The molecule has 0 aliphatic carbocycles. The minimum Gasteiger partial charge on any atom is -0.369 e. The molecule has 0 aromatic rings. The van der Waals surface area contributed by atoms with Crippen molar-refractivity contribution in [3.63, 3.8) is 0 Å². The van der Waals surface area contributed by atoms with Gasteiger partial charge in [0.25, 0.3) is 0 Å². The van der Waals surface area contributed by atoms with Crippen LogP contribution in [0.1, 0.15) is 20.3 Å². The molecule has 0 rings (SSSR count). The molecular formula is C7H14N2O2. The first kappa shape index (κ1) is 9.94. The highest BCUT2D eigenvalue weighted by molar-refractivity contribution is 5.99. The van der Waals surface area contributed by atoms with Gasteiger partial charge in [0.2, 0.25) is 11.8 Å². The molecule has 0 fully saturated rings. The Morgan fingerprint density at radius 2 is 2.00 bits per heavy atom. The smallest absolute Gasteiger partial charge is 0.232 e. The van der Waals surface area contributed by atoms with E-state index in [1.54, 1.807) is 13.8 Å². The van der Waals surface area contributed by atoms with Crippen LogP contribution in [0.15, 0.2) is 0 Å². The van der Waals surface area contributed by atoms with Crippen LogP contribution < -0.4 is 11.1 Å². The molecule has 0 bridgehead atoms. The highest BCUT2D eigenvalue weighted by atomic mass is 16.2. The van der Waals surface area contributed by atoms with Crippen molar-refractivity contribution in [1.82, 2.24) is 5.32 Å². The van der Waals surface area contributed by atoms with E-state index in [0.717, 1.165) is 0 Å². The minimum absolute atomic E-state index is 0.275. The molecule has 4 nitrogen and oxygen atoms in total. The summed E-state index contributed by atoms with van der Waals surface area (Å²) in [6, 6.07) is 0. The van der Waals surface area contributed by atoms with Crippen LogP contribution in [0.25, 0.3) is 0 Å². The van der Waals surface area contributed by atoms with E-state index >= 15 is 0 Å². The molecule has 1 atom stereocenters. The maximum atomic E-state index is 11.0. The molecule has 4 heteroatoms. The number of rotatable bonds is 4. The van der Waals surface area contributed by atoms with Crippen molar-refractivity contribution < 1.29 is 9.59 Å². The first-order chi connectivity index (χ1) is 5.13. The van der Waals surface area contributed by atoms with Crippen LogP contribution in [0.5, 0.6) is 0 Å². The van der Waals surface area contributed by atoms with E-state index in [2.05, 4.69) is 5.32 Å². The predicted molar refractivity (Wildman–Crippen MR) is 41.7 cm³/mol. The van der Waals surface area contributed by atoms with Crippen molar-refractivity contribution >= 4 is 11.8 Å². The molecule has 0 saturated carbocycles. The van der Waals surface area contributed by atoms with E-state index in [4.69, 9.17) is 5.73 Å². The molecule has 2 amide bonds. The molecule has 0 aromatic heterocycles. The van der Waals surface area contributed by atoms with Crippen LogP contribution in [0, 0.1) is 5.92 Å². The standard InChI is InChI=1S/C7H14N2O2/c1-3-5(6(8)10)7(11)9-4-2/h5H,3-4H2,1-2H3,(H2,8,10)(H,9,11). The average Bonchev–Trinajstić information content (AvgIpc) is 1.88. The summed E-state index contributed by atoms with van der Waals surface area (Å²) < 4.78 is 0. The van der Waals surface area contributed by atoms with Crippen molar-refractivity contribution in [2.75, 3.05) is 6.54 Å². The molecule has 0 aromatic carbocycles. The molecule has 11 heavy (non-hydrogen) atoms. The van der Waals surface area contributed by atoms with Gasteiger partial charge in [0.1, 0.15) is 5.92 Å². The van der Waals surface area contributed by atoms with Gasteiger partial charge in [-0.2, -0.15) is 0 Å². The third-order valence-electron chi connectivity index (χ3n) is 1.42. The molecule has 0 radical (unpaired) electrons. The summed E-state index contributed by atoms with van der Waals surface area (Å²) in [6.45, 7) is 4.08. The normalized spacial score (nSPS) is 12.2. The van der Waals surface area contributed by atoms with Crippen LogP contribution in [0.2, 0.25) is 0 Å². The van der Waals surface area contributed by atoms with Gasteiger partial charge in [0.15, 0.2) is 0 Å². The third-order valence-corrected chi connectivity index (χ3v) is 1.42. The number of primary amides is 1. The third kappa shape index (κ3) is 3.02. The lowest BCUT2D eigenvalue weighted by atomic mass is 10.1. The molecule has 0 aliphatic rings. The lowest BCUT2D eigenvalue weighted by molar-refractivity contribution is -0.133. The summed E-state index contributed by atoms with van der Waals surface area (Å²) in [6.07, 6.45) is 0.459. The van der Waals surface area contributed by atoms with Crippen molar-refractivity contribution in [3.8, 4) is 0 Å². The zero-order valence-electron chi connectivity index (χ0n) is 6.89. The van der Waals surface area contributed by atoms with Crippen LogP contribution in [-0.4, -0.2) is 18.4 Å². The molecule has 0 aliphatic heterocycles. The second-order valence-corrected chi connectivity index (χ2v) is 2.26. The zero-order valence-corrected chi connectivity index (χ0v) is 6.89. The second-order valence-electron chi connectivity index (χ2n) is 2.26. The first-order valence-electron chi connectivity index (χ1n) is 3.70. The summed E-state index contributed by atoms with van der Waals surface area (Å²) >= 11 is 0. The van der Waals surface area contributed by atoms with Crippen LogP contribution >= 0.6 is 0 Å². The van der Waals surface area contributed by atoms with E-state index < -0.39 is 11.8 Å². The van der Waals surface area contributed by atoms with Crippen LogP contribution in [-0.2, 0) is 9.59 Å². The Morgan fingerprint density at radius 1 is 1.45 bits per heavy atom. The highest BCUT2D eigenvalue weighted by Gasteiger charge is 2.20. The molecule has 3 N–H and O–H groups in total. The zero-order chi connectivity index (χ0) is 8.85. The number of nitrogens with two attached hydrogens (primary N) is 1. The Hall–Kier alpha value is -1.06. The van der Waals surface area contributed by atoms with Gasteiger partial charge in [-0.3, -0.25) is 9.59 Å². The van der Waals surface area contributed by atoms with Gasteiger partial charge >= 0.3 is 0 Å². The highest BCUT2D eigenvalue weighted by Crippen LogP contribution is 2.00. The molecule has 0 saturated heterocycles. The number of hydrogen-bond acceptors (Lipinski definition) is 2. The summed E-state index contributed by atoms with van der Waals surface area (Å²) in [5, 5.41) is 2.54. The summed E-state index contributed by atoms with van der Waals surface area (Å²) in [5.41, 5.74) is 4.98. The summed E-state index contributed by atoms with van der Waals surface area (Å²) in [4.78, 5) is 21.6. The second kappa shape index (κ2) is 4.71. The van der Waals surface area contributed by atoms with Gasteiger partial charge in [-0.05, 0) is 13.3 Å². The van der Waals surface area contributed by atoms with Crippen molar-refractivity contribution in [2.24, 2.45) is 11.7 Å². The number of nitrogens with one attached hydrogen (secondary N) is 1. The van der Waals surface area contributed by atoms with E-state index in [1.165, 1.54) is 0 Å². The Kier molecular flexibility index (Phi) is 4.26. The fraction of sp³-hybridized carbons (Fsp3) is 0.714. The van der Waals surface area contributed by atoms with Gasteiger partial charge in [-0.15, -0.1) is 0 Å². The number of amides is 2. The van der Waals surface area contributed by atoms with Gasteiger partial charge in [0, 0.05) is 6.54 Å². The maximum absolute atomic E-state index is 11.0. The number of hydrogen-bond donors (Lipinski definition) is 2. The van der Waals surface area contributed by atoms with E-state index in [9.17, 15) is 9.59 Å². The molecule has 0 heterocycles. The predicted octanol–water partition coefficient (Wildman–Crippen LogP) is -0.366.